The highest BCUT2D eigenvalue weighted by molar-refractivity contribution is 5.77. The third kappa shape index (κ3) is 4.13. The van der Waals surface area contributed by atoms with E-state index in [1.54, 1.807) is 6.26 Å². The Bertz CT molecular complexity index is 479. The number of nitrogens with zero attached hydrogens (tertiary/aromatic N) is 1. The number of furan rings is 1. The van der Waals surface area contributed by atoms with Gasteiger partial charge in [-0.3, -0.25) is 4.79 Å². The van der Waals surface area contributed by atoms with Crippen molar-refractivity contribution in [3.8, 4) is 0 Å². The van der Waals surface area contributed by atoms with Crippen LogP contribution in [0.1, 0.15) is 58.6 Å². The van der Waals surface area contributed by atoms with Gasteiger partial charge >= 0.3 is 0 Å². The maximum Gasteiger partial charge on any atom is 0.223 e. The number of hydrogen-bond acceptors (Lipinski definition) is 3. The highest BCUT2D eigenvalue weighted by Crippen LogP contribution is 2.31. The van der Waals surface area contributed by atoms with Gasteiger partial charge in [-0.1, -0.05) is 13.8 Å². The Morgan fingerprint density at radius 1 is 1.45 bits per heavy atom. The van der Waals surface area contributed by atoms with Crippen molar-refractivity contribution in [2.75, 3.05) is 13.7 Å². The van der Waals surface area contributed by atoms with Gasteiger partial charge in [-0.05, 0) is 44.7 Å². The Morgan fingerprint density at radius 2 is 2.18 bits per heavy atom. The molecule has 4 nitrogen and oxygen atoms in total. The molecule has 124 valence electrons. The fourth-order valence-electron chi connectivity index (χ4n) is 3.23. The molecule has 2 atom stereocenters. The lowest BCUT2D eigenvalue weighted by molar-refractivity contribution is -0.138. The van der Waals surface area contributed by atoms with Gasteiger partial charge in [0.2, 0.25) is 5.91 Å². The van der Waals surface area contributed by atoms with Crippen molar-refractivity contribution in [1.82, 2.24) is 4.90 Å². The van der Waals surface area contributed by atoms with Gasteiger partial charge in [-0.25, -0.2) is 0 Å². The molecule has 22 heavy (non-hydrogen) atoms. The van der Waals surface area contributed by atoms with E-state index in [0.717, 1.165) is 25.2 Å². The van der Waals surface area contributed by atoms with Crippen LogP contribution in [0, 0.1) is 5.92 Å². The molecule has 0 unspecified atom stereocenters. The fraction of sp³-hybridized carbons (Fsp3) is 0.722. The van der Waals surface area contributed by atoms with Crippen molar-refractivity contribution in [3.05, 3.63) is 24.2 Å². The fourth-order valence-corrected chi connectivity index (χ4v) is 3.23. The molecule has 0 bridgehead atoms. The molecule has 0 aliphatic carbocycles. The summed E-state index contributed by atoms with van der Waals surface area (Å²) in [5.74, 6) is 1.61. The molecule has 1 fully saturated rings. The van der Waals surface area contributed by atoms with Crippen molar-refractivity contribution in [1.29, 1.82) is 0 Å². The molecule has 0 spiro atoms. The van der Waals surface area contributed by atoms with Gasteiger partial charge in [0.15, 0.2) is 0 Å². The standard InChI is InChI=1S/C18H29NO3/c1-13(2)15(16-7-6-9-21-16)11-17(20)19(5)14-8-10-22-18(3,4)12-14/h6-7,9,13-15H,8,10-12H2,1-5H3/t14-,15-/m1/s1. The molecule has 2 rings (SSSR count). The number of ether oxygens (including phenoxy) is 1. The second-order valence-electron chi connectivity index (χ2n) is 7.33. The number of carbonyl (C=O) groups excluding carboxylic acids is 1. The maximum atomic E-state index is 12.7. The number of rotatable bonds is 5. The molecule has 1 aromatic rings. The summed E-state index contributed by atoms with van der Waals surface area (Å²) in [4.78, 5) is 14.6. The largest absolute Gasteiger partial charge is 0.469 e. The number of amides is 1. The van der Waals surface area contributed by atoms with E-state index in [-0.39, 0.29) is 23.5 Å². The molecule has 1 aromatic heterocycles. The van der Waals surface area contributed by atoms with Gasteiger partial charge < -0.3 is 14.1 Å². The van der Waals surface area contributed by atoms with Crippen LogP contribution in [0.5, 0.6) is 0 Å². The molecule has 1 saturated heterocycles. The normalized spacial score (nSPS) is 22.5. The molecule has 0 aromatic carbocycles. The minimum atomic E-state index is -0.143. The molecule has 0 saturated carbocycles. The zero-order valence-corrected chi connectivity index (χ0v) is 14.5. The Morgan fingerprint density at radius 3 is 2.73 bits per heavy atom. The monoisotopic (exact) mass is 307 g/mol. The van der Waals surface area contributed by atoms with Crippen LogP contribution in [0.3, 0.4) is 0 Å². The predicted molar refractivity (Wildman–Crippen MR) is 86.7 cm³/mol. The first-order valence-electron chi connectivity index (χ1n) is 8.23. The SMILES string of the molecule is CC(C)[C@@H](CC(=O)N(C)[C@@H]1CCOC(C)(C)C1)c1ccco1. The first-order valence-corrected chi connectivity index (χ1v) is 8.23. The molecule has 1 aliphatic rings. The van der Waals surface area contributed by atoms with Gasteiger partial charge in [-0.2, -0.15) is 0 Å². The second-order valence-corrected chi connectivity index (χ2v) is 7.33. The smallest absolute Gasteiger partial charge is 0.223 e. The Hall–Kier alpha value is -1.29. The van der Waals surface area contributed by atoms with Crippen LogP contribution in [0.4, 0.5) is 0 Å². The summed E-state index contributed by atoms with van der Waals surface area (Å²) in [6.45, 7) is 9.19. The highest BCUT2D eigenvalue weighted by Gasteiger charge is 2.33. The van der Waals surface area contributed by atoms with Crippen molar-refractivity contribution < 1.29 is 13.9 Å². The zero-order chi connectivity index (χ0) is 16.3. The maximum absolute atomic E-state index is 12.7. The van der Waals surface area contributed by atoms with Gasteiger partial charge in [-0.15, -0.1) is 0 Å². The molecule has 1 aliphatic heterocycles. The Balaban J connectivity index is 2.01. The van der Waals surface area contributed by atoms with Gasteiger partial charge in [0, 0.05) is 32.0 Å². The molecule has 2 heterocycles. The first kappa shape index (κ1) is 17.1. The minimum absolute atomic E-state index is 0.137. The summed E-state index contributed by atoms with van der Waals surface area (Å²) >= 11 is 0. The summed E-state index contributed by atoms with van der Waals surface area (Å²) in [6, 6.07) is 4.12. The van der Waals surface area contributed by atoms with Crippen molar-refractivity contribution in [3.63, 3.8) is 0 Å². The Kier molecular flexibility index (Phi) is 5.32. The average Bonchev–Trinajstić information content (AvgIpc) is 2.96. The average molecular weight is 307 g/mol. The van der Waals surface area contributed by atoms with E-state index in [4.69, 9.17) is 9.15 Å². The molecule has 0 radical (unpaired) electrons. The van der Waals surface area contributed by atoms with E-state index < -0.39 is 0 Å². The summed E-state index contributed by atoms with van der Waals surface area (Å²) in [6.07, 6.45) is 3.99. The topological polar surface area (TPSA) is 42.7 Å². The van der Waals surface area contributed by atoms with E-state index in [1.165, 1.54) is 0 Å². The lowest BCUT2D eigenvalue weighted by Crippen LogP contribution is -2.47. The van der Waals surface area contributed by atoms with E-state index in [0.29, 0.717) is 12.3 Å². The van der Waals surface area contributed by atoms with E-state index in [2.05, 4.69) is 27.7 Å². The highest BCUT2D eigenvalue weighted by atomic mass is 16.5. The predicted octanol–water partition coefficient (Wildman–Crippen LogP) is 3.83. The summed E-state index contributed by atoms with van der Waals surface area (Å²) in [5, 5.41) is 0. The lowest BCUT2D eigenvalue weighted by Gasteiger charge is -2.40. The van der Waals surface area contributed by atoms with Crippen molar-refractivity contribution in [2.45, 2.75) is 64.5 Å². The van der Waals surface area contributed by atoms with Crippen LogP contribution in [0.15, 0.2) is 22.8 Å². The Labute approximate surface area is 133 Å². The summed E-state index contributed by atoms with van der Waals surface area (Å²) in [7, 11) is 1.92. The van der Waals surface area contributed by atoms with Gasteiger partial charge in [0.25, 0.3) is 0 Å². The van der Waals surface area contributed by atoms with Crippen LogP contribution in [-0.4, -0.2) is 36.1 Å². The van der Waals surface area contributed by atoms with Crippen LogP contribution in [0.25, 0.3) is 0 Å². The van der Waals surface area contributed by atoms with Gasteiger partial charge in [0.05, 0.1) is 11.9 Å². The van der Waals surface area contributed by atoms with Crippen molar-refractivity contribution in [2.24, 2.45) is 5.92 Å². The minimum Gasteiger partial charge on any atom is -0.469 e. The van der Waals surface area contributed by atoms with Crippen molar-refractivity contribution >= 4 is 5.91 Å². The lowest BCUT2D eigenvalue weighted by atomic mass is 9.88. The van der Waals surface area contributed by atoms with Crippen LogP contribution in [0.2, 0.25) is 0 Å². The molecular formula is C18H29NO3. The second kappa shape index (κ2) is 6.86. The van der Waals surface area contributed by atoms with Crippen LogP contribution >= 0.6 is 0 Å². The first-order chi connectivity index (χ1) is 10.3. The van der Waals surface area contributed by atoms with Crippen LogP contribution in [-0.2, 0) is 9.53 Å². The van der Waals surface area contributed by atoms with E-state index in [1.807, 2.05) is 24.1 Å². The molecular weight excluding hydrogens is 278 g/mol. The number of carbonyl (C=O) groups is 1. The molecule has 4 heteroatoms. The molecule has 0 N–H and O–H groups in total. The quantitative estimate of drug-likeness (QED) is 0.830. The number of hydrogen-bond donors (Lipinski definition) is 0. The zero-order valence-electron chi connectivity index (χ0n) is 14.5. The van der Waals surface area contributed by atoms with Crippen LogP contribution < -0.4 is 0 Å². The molecule has 1 amide bonds. The summed E-state index contributed by atoms with van der Waals surface area (Å²) < 4.78 is 11.3. The third-order valence-electron chi connectivity index (χ3n) is 4.72. The summed E-state index contributed by atoms with van der Waals surface area (Å²) in [5.41, 5.74) is -0.143. The van der Waals surface area contributed by atoms with E-state index in [9.17, 15) is 4.79 Å². The third-order valence-corrected chi connectivity index (χ3v) is 4.72. The van der Waals surface area contributed by atoms with Gasteiger partial charge in [0.1, 0.15) is 5.76 Å². The van der Waals surface area contributed by atoms with E-state index >= 15 is 0 Å².